The van der Waals surface area contributed by atoms with Gasteiger partial charge < -0.3 is 4.57 Å². The normalized spacial score (nSPS) is 12.3. The van der Waals surface area contributed by atoms with Crippen LogP contribution in [0.15, 0.2) is 54.6 Å². The predicted octanol–water partition coefficient (Wildman–Crippen LogP) is 6.82. The molecule has 0 fully saturated rings. The molecular formula is C22H19NS. The van der Waals surface area contributed by atoms with Gasteiger partial charge in [0.2, 0.25) is 0 Å². The zero-order chi connectivity index (χ0) is 16.4. The SMILES string of the molecule is CC(C)c1c2sc3ccccc3c2cc2c1c1ccccc1n2C. The zero-order valence-corrected chi connectivity index (χ0v) is 14.9. The van der Waals surface area contributed by atoms with Crippen LogP contribution < -0.4 is 0 Å². The average Bonchev–Trinajstić information content (AvgIpc) is 3.10. The number of benzene rings is 3. The van der Waals surface area contributed by atoms with Gasteiger partial charge in [-0.2, -0.15) is 0 Å². The Labute approximate surface area is 145 Å². The van der Waals surface area contributed by atoms with Gasteiger partial charge in [-0.1, -0.05) is 50.2 Å². The van der Waals surface area contributed by atoms with Gasteiger partial charge in [-0.05, 0) is 29.7 Å². The molecule has 0 bridgehead atoms. The monoisotopic (exact) mass is 329 g/mol. The predicted molar refractivity (Wildman–Crippen MR) is 107 cm³/mol. The summed E-state index contributed by atoms with van der Waals surface area (Å²) in [5.74, 6) is 0.495. The van der Waals surface area contributed by atoms with Crippen LogP contribution in [0.25, 0.3) is 42.0 Å². The topological polar surface area (TPSA) is 4.93 Å². The highest BCUT2D eigenvalue weighted by Crippen LogP contribution is 2.44. The fourth-order valence-electron chi connectivity index (χ4n) is 4.07. The van der Waals surface area contributed by atoms with Gasteiger partial charge in [0.25, 0.3) is 0 Å². The van der Waals surface area contributed by atoms with E-state index in [1.165, 1.54) is 47.5 Å². The number of rotatable bonds is 1. The Bertz CT molecular complexity index is 1240. The van der Waals surface area contributed by atoms with Gasteiger partial charge >= 0.3 is 0 Å². The van der Waals surface area contributed by atoms with E-state index in [1.54, 1.807) is 0 Å². The minimum absolute atomic E-state index is 0.495. The van der Waals surface area contributed by atoms with Crippen LogP contribution in [0.1, 0.15) is 25.3 Å². The lowest BCUT2D eigenvalue weighted by molar-refractivity contribution is 0.887. The number of thiophene rings is 1. The summed E-state index contributed by atoms with van der Waals surface area (Å²) in [4.78, 5) is 0. The standard InChI is InChI=1S/C22H19NS/c1-13(2)20-21-15-9-4-6-10-17(15)23(3)18(21)12-16-14-8-5-7-11-19(14)24-22(16)20/h4-13H,1-3H3. The molecule has 118 valence electrons. The lowest BCUT2D eigenvalue weighted by atomic mass is 9.95. The van der Waals surface area contributed by atoms with Crippen LogP contribution in [0.3, 0.4) is 0 Å². The third-order valence-corrected chi connectivity index (χ3v) is 6.38. The Morgan fingerprint density at radius 3 is 2.33 bits per heavy atom. The second-order valence-electron chi connectivity index (χ2n) is 6.89. The van der Waals surface area contributed by atoms with Crippen LogP contribution in [0.2, 0.25) is 0 Å². The third-order valence-electron chi connectivity index (χ3n) is 5.16. The second kappa shape index (κ2) is 4.84. The Kier molecular flexibility index (Phi) is 2.84. The summed E-state index contributed by atoms with van der Waals surface area (Å²) in [7, 11) is 2.19. The molecule has 5 rings (SSSR count). The molecule has 0 spiro atoms. The Hall–Kier alpha value is -2.32. The van der Waals surface area contributed by atoms with Crippen molar-refractivity contribution in [3.8, 4) is 0 Å². The molecule has 0 saturated carbocycles. The maximum atomic E-state index is 2.40. The lowest BCUT2D eigenvalue weighted by Crippen LogP contribution is -1.91. The molecule has 2 heteroatoms. The number of hydrogen-bond acceptors (Lipinski definition) is 1. The molecule has 1 nitrogen and oxygen atoms in total. The van der Waals surface area contributed by atoms with Gasteiger partial charge in [-0.25, -0.2) is 0 Å². The number of para-hydroxylation sites is 1. The van der Waals surface area contributed by atoms with E-state index in [0.29, 0.717) is 5.92 Å². The molecule has 24 heavy (non-hydrogen) atoms. The number of fused-ring (bicyclic) bond motifs is 6. The van der Waals surface area contributed by atoms with Gasteiger partial charge in [0.05, 0.1) is 0 Å². The van der Waals surface area contributed by atoms with Crippen LogP contribution >= 0.6 is 11.3 Å². The molecule has 0 unspecified atom stereocenters. The summed E-state index contributed by atoms with van der Waals surface area (Å²) in [6, 6.07) is 20.0. The molecule has 0 aliphatic heterocycles. The van der Waals surface area contributed by atoms with Gasteiger partial charge in [0.1, 0.15) is 0 Å². The average molecular weight is 329 g/mol. The summed E-state index contributed by atoms with van der Waals surface area (Å²) < 4.78 is 5.19. The summed E-state index contributed by atoms with van der Waals surface area (Å²) in [6.45, 7) is 4.64. The molecule has 2 aromatic heterocycles. The molecule has 0 radical (unpaired) electrons. The molecule has 0 saturated heterocycles. The van der Waals surface area contributed by atoms with E-state index in [4.69, 9.17) is 0 Å². The largest absolute Gasteiger partial charge is 0.344 e. The molecule has 3 aromatic carbocycles. The Balaban J connectivity index is 2.14. The van der Waals surface area contributed by atoms with Gasteiger partial charge in [0.15, 0.2) is 0 Å². The maximum Gasteiger partial charge on any atom is 0.0498 e. The summed E-state index contributed by atoms with van der Waals surface area (Å²) in [6.07, 6.45) is 0. The Morgan fingerprint density at radius 2 is 1.54 bits per heavy atom. The number of hydrogen-bond donors (Lipinski definition) is 0. The second-order valence-corrected chi connectivity index (χ2v) is 7.94. The van der Waals surface area contributed by atoms with Crippen molar-refractivity contribution in [3.63, 3.8) is 0 Å². The van der Waals surface area contributed by atoms with E-state index in [1.807, 2.05) is 11.3 Å². The molecule has 2 heterocycles. The number of aryl methyl sites for hydroxylation is 1. The van der Waals surface area contributed by atoms with Gasteiger partial charge in [-0.3, -0.25) is 0 Å². The molecule has 0 amide bonds. The zero-order valence-electron chi connectivity index (χ0n) is 14.1. The first-order valence-corrected chi connectivity index (χ1v) is 9.29. The van der Waals surface area contributed by atoms with Crippen LogP contribution in [0.4, 0.5) is 0 Å². The fraction of sp³-hybridized carbons (Fsp3) is 0.182. The van der Waals surface area contributed by atoms with Gasteiger partial charge in [-0.15, -0.1) is 11.3 Å². The van der Waals surface area contributed by atoms with Crippen molar-refractivity contribution in [2.45, 2.75) is 19.8 Å². The molecule has 0 aliphatic rings. The van der Waals surface area contributed by atoms with Crippen LogP contribution in [0, 0.1) is 0 Å². The van der Waals surface area contributed by atoms with Crippen LogP contribution in [-0.4, -0.2) is 4.57 Å². The number of nitrogens with zero attached hydrogens (tertiary/aromatic N) is 1. The van der Waals surface area contributed by atoms with Crippen molar-refractivity contribution in [1.29, 1.82) is 0 Å². The summed E-state index contributed by atoms with van der Waals surface area (Å²) in [5.41, 5.74) is 4.16. The van der Waals surface area contributed by atoms with E-state index < -0.39 is 0 Å². The van der Waals surface area contributed by atoms with Gasteiger partial charge in [0, 0.05) is 49.0 Å². The van der Waals surface area contributed by atoms with Crippen LogP contribution in [-0.2, 0) is 7.05 Å². The highest BCUT2D eigenvalue weighted by atomic mass is 32.1. The van der Waals surface area contributed by atoms with E-state index in [-0.39, 0.29) is 0 Å². The van der Waals surface area contributed by atoms with E-state index in [2.05, 4.69) is 80.1 Å². The summed E-state index contributed by atoms with van der Waals surface area (Å²) in [5, 5.41) is 5.59. The minimum Gasteiger partial charge on any atom is -0.344 e. The van der Waals surface area contributed by atoms with Crippen molar-refractivity contribution in [1.82, 2.24) is 4.57 Å². The fourth-order valence-corrected chi connectivity index (χ4v) is 5.46. The lowest BCUT2D eigenvalue weighted by Gasteiger charge is -2.10. The van der Waals surface area contributed by atoms with E-state index in [9.17, 15) is 0 Å². The molecule has 5 aromatic rings. The summed E-state index contributed by atoms with van der Waals surface area (Å²) >= 11 is 1.94. The smallest absolute Gasteiger partial charge is 0.0498 e. The molecule has 0 aliphatic carbocycles. The maximum absolute atomic E-state index is 2.40. The van der Waals surface area contributed by atoms with E-state index in [0.717, 1.165) is 0 Å². The highest BCUT2D eigenvalue weighted by molar-refractivity contribution is 7.26. The first kappa shape index (κ1) is 14.1. The van der Waals surface area contributed by atoms with Crippen LogP contribution in [0.5, 0.6) is 0 Å². The quantitative estimate of drug-likeness (QED) is 0.318. The van der Waals surface area contributed by atoms with Crippen molar-refractivity contribution < 1.29 is 0 Å². The Morgan fingerprint density at radius 1 is 0.833 bits per heavy atom. The number of aromatic nitrogens is 1. The highest BCUT2D eigenvalue weighted by Gasteiger charge is 2.19. The first-order chi connectivity index (χ1) is 11.7. The van der Waals surface area contributed by atoms with Crippen molar-refractivity contribution in [3.05, 3.63) is 60.2 Å². The van der Waals surface area contributed by atoms with Crippen molar-refractivity contribution in [2.75, 3.05) is 0 Å². The van der Waals surface area contributed by atoms with E-state index >= 15 is 0 Å². The van der Waals surface area contributed by atoms with Crippen molar-refractivity contribution >= 4 is 53.3 Å². The van der Waals surface area contributed by atoms with Crippen molar-refractivity contribution in [2.24, 2.45) is 7.05 Å². The minimum atomic E-state index is 0.495. The molecule has 0 N–H and O–H groups in total. The first-order valence-electron chi connectivity index (χ1n) is 8.48. The molecular weight excluding hydrogens is 310 g/mol. The molecule has 0 atom stereocenters. The third kappa shape index (κ3) is 1.69.